The van der Waals surface area contributed by atoms with Gasteiger partial charge >= 0.3 is 12.1 Å². The van der Waals surface area contributed by atoms with Crippen molar-refractivity contribution in [2.45, 2.75) is 104 Å². The lowest BCUT2D eigenvalue weighted by molar-refractivity contribution is -0.136. The second-order valence-corrected chi connectivity index (χ2v) is 10.3. The quantitative estimate of drug-likeness (QED) is 0.617. The van der Waals surface area contributed by atoms with Gasteiger partial charge in [0, 0.05) is 37.3 Å². The first-order valence-electron chi connectivity index (χ1n) is 12.0. The Balaban J connectivity index is 1.95. The molecule has 3 unspecified atom stereocenters. The van der Waals surface area contributed by atoms with Gasteiger partial charge in [-0.05, 0) is 46.5 Å². The highest BCUT2D eigenvalue weighted by molar-refractivity contribution is 5.88. The summed E-state index contributed by atoms with van der Waals surface area (Å²) in [6.45, 7) is 13.2. The molecule has 0 aromatic rings. The van der Waals surface area contributed by atoms with Gasteiger partial charge in [-0.2, -0.15) is 0 Å². The molecule has 0 radical (unpaired) electrons. The van der Waals surface area contributed by atoms with Crippen molar-refractivity contribution in [3.8, 4) is 0 Å². The number of urea groups is 2. The highest BCUT2D eigenvalue weighted by Gasteiger charge is 2.36. The van der Waals surface area contributed by atoms with Crippen molar-refractivity contribution < 1.29 is 14.4 Å². The monoisotopic (exact) mass is 437 g/mol. The Morgan fingerprint density at radius 1 is 1.06 bits per heavy atom. The number of hydrogen-bond donors (Lipinski definition) is 3. The van der Waals surface area contributed by atoms with Crippen LogP contribution in [-0.2, 0) is 4.79 Å². The Bertz CT molecular complexity index is 627. The van der Waals surface area contributed by atoms with Crippen LogP contribution in [0.4, 0.5) is 9.59 Å². The predicted octanol–water partition coefficient (Wildman–Crippen LogP) is 3.07. The van der Waals surface area contributed by atoms with Crippen molar-refractivity contribution in [3.63, 3.8) is 0 Å². The van der Waals surface area contributed by atoms with Crippen molar-refractivity contribution in [1.29, 1.82) is 0 Å². The summed E-state index contributed by atoms with van der Waals surface area (Å²) in [4.78, 5) is 42.1. The lowest BCUT2D eigenvalue weighted by Crippen LogP contribution is -2.62. The minimum absolute atomic E-state index is 0.0150. The number of amides is 5. The summed E-state index contributed by atoms with van der Waals surface area (Å²) >= 11 is 0. The van der Waals surface area contributed by atoms with E-state index in [4.69, 9.17) is 0 Å². The molecule has 0 aromatic carbocycles. The van der Waals surface area contributed by atoms with E-state index < -0.39 is 6.04 Å². The van der Waals surface area contributed by atoms with Crippen LogP contribution in [0.1, 0.15) is 80.1 Å². The molecule has 8 heteroatoms. The Morgan fingerprint density at radius 3 is 2.26 bits per heavy atom. The van der Waals surface area contributed by atoms with Gasteiger partial charge in [-0.3, -0.25) is 4.79 Å². The molecule has 1 heterocycles. The van der Waals surface area contributed by atoms with Crippen LogP contribution in [0.15, 0.2) is 0 Å². The molecular formula is C23H43N5O3. The van der Waals surface area contributed by atoms with Crippen LogP contribution < -0.4 is 16.0 Å². The first-order valence-corrected chi connectivity index (χ1v) is 12.0. The number of nitrogens with one attached hydrogen (secondary N) is 3. The van der Waals surface area contributed by atoms with Gasteiger partial charge in [-0.15, -0.1) is 0 Å². The standard InChI is InChI=1S/C23H43N5O3/c1-7-16(2)19(25-21(30)26-23(4,5)6)20(29)27-13-14-28(17(3)15-27)22(31)24-18-11-9-8-10-12-18/h16-19H,7-15H2,1-6H3,(H,24,31)(H2,25,26,30). The SMILES string of the molecule is CCC(C)C(NC(=O)NC(C)(C)C)C(=O)N1CCN(C(=O)NC2CCCCC2)C(C)C1. The zero-order valence-electron chi connectivity index (χ0n) is 20.3. The molecule has 1 aliphatic carbocycles. The zero-order chi connectivity index (χ0) is 23.2. The van der Waals surface area contributed by atoms with Crippen LogP contribution in [0.5, 0.6) is 0 Å². The molecule has 2 fully saturated rings. The molecule has 1 saturated carbocycles. The zero-order valence-corrected chi connectivity index (χ0v) is 20.3. The fraction of sp³-hybridized carbons (Fsp3) is 0.870. The van der Waals surface area contributed by atoms with Gasteiger partial charge in [-0.1, -0.05) is 39.5 Å². The van der Waals surface area contributed by atoms with Crippen LogP contribution >= 0.6 is 0 Å². The van der Waals surface area contributed by atoms with Crippen molar-refractivity contribution in [3.05, 3.63) is 0 Å². The first-order chi connectivity index (χ1) is 14.5. The Labute approximate surface area is 187 Å². The largest absolute Gasteiger partial charge is 0.337 e. The number of hydrogen-bond acceptors (Lipinski definition) is 3. The highest BCUT2D eigenvalue weighted by atomic mass is 16.2. The molecule has 1 saturated heterocycles. The Morgan fingerprint density at radius 2 is 1.71 bits per heavy atom. The Kier molecular flexibility index (Phi) is 9.01. The molecule has 0 aromatic heterocycles. The first kappa shape index (κ1) is 25.3. The lowest BCUT2D eigenvalue weighted by atomic mass is 9.95. The number of piperazine rings is 1. The van der Waals surface area contributed by atoms with Crippen molar-refractivity contribution in [2.24, 2.45) is 5.92 Å². The van der Waals surface area contributed by atoms with Crippen molar-refractivity contribution >= 4 is 18.0 Å². The summed E-state index contributed by atoms with van der Waals surface area (Å²) in [5.74, 6) is -0.0567. The summed E-state index contributed by atoms with van der Waals surface area (Å²) in [6, 6.07) is -0.727. The topological polar surface area (TPSA) is 93.8 Å². The van der Waals surface area contributed by atoms with Crippen molar-refractivity contribution in [1.82, 2.24) is 25.8 Å². The second-order valence-electron chi connectivity index (χ2n) is 10.3. The van der Waals surface area contributed by atoms with Crippen LogP contribution in [-0.4, -0.2) is 71.1 Å². The van der Waals surface area contributed by atoms with Gasteiger partial charge < -0.3 is 25.8 Å². The fourth-order valence-electron chi connectivity index (χ4n) is 4.36. The van der Waals surface area contributed by atoms with E-state index in [1.54, 1.807) is 4.90 Å². The van der Waals surface area contributed by atoms with Crippen LogP contribution in [0.2, 0.25) is 0 Å². The molecule has 1 aliphatic heterocycles. The van der Waals surface area contributed by atoms with E-state index in [1.807, 2.05) is 46.4 Å². The third kappa shape index (κ3) is 7.58. The number of carbonyl (C=O) groups excluding carboxylic acids is 3. The van der Waals surface area contributed by atoms with Gasteiger partial charge in [0.15, 0.2) is 0 Å². The lowest BCUT2D eigenvalue weighted by Gasteiger charge is -2.42. The van der Waals surface area contributed by atoms with E-state index in [0.29, 0.717) is 19.6 Å². The third-order valence-corrected chi connectivity index (χ3v) is 6.39. The molecule has 0 bridgehead atoms. The predicted molar refractivity (Wildman–Crippen MR) is 123 cm³/mol. The van der Waals surface area contributed by atoms with Gasteiger partial charge in [0.05, 0.1) is 0 Å². The van der Waals surface area contributed by atoms with Crippen LogP contribution in [0.3, 0.4) is 0 Å². The van der Waals surface area contributed by atoms with E-state index in [-0.39, 0.29) is 41.5 Å². The maximum Gasteiger partial charge on any atom is 0.317 e. The molecule has 8 nitrogen and oxygen atoms in total. The van der Waals surface area contributed by atoms with Crippen LogP contribution in [0.25, 0.3) is 0 Å². The van der Waals surface area contributed by atoms with E-state index in [2.05, 4.69) is 16.0 Å². The molecule has 178 valence electrons. The average Bonchev–Trinajstić information content (AvgIpc) is 2.70. The summed E-state index contributed by atoms with van der Waals surface area (Å²) in [6.07, 6.45) is 6.49. The molecule has 5 amide bonds. The summed E-state index contributed by atoms with van der Waals surface area (Å²) in [5.41, 5.74) is -0.376. The van der Waals surface area contributed by atoms with E-state index >= 15 is 0 Å². The van der Waals surface area contributed by atoms with E-state index in [1.165, 1.54) is 19.3 Å². The summed E-state index contributed by atoms with van der Waals surface area (Å²) < 4.78 is 0. The number of rotatable bonds is 5. The third-order valence-electron chi connectivity index (χ3n) is 6.39. The molecule has 31 heavy (non-hydrogen) atoms. The van der Waals surface area contributed by atoms with Gasteiger partial charge in [0.2, 0.25) is 5.91 Å². The minimum Gasteiger partial charge on any atom is -0.337 e. The van der Waals surface area contributed by atoms with Crippen LogP contribution in [0, 0.1) is 5.92 Å². The molecule has 2 rings (SSSR count). The average molecular weight is 438 g/mol. The molecule has 3 atom stereocenters. The minimum atomic E-state index is -0.581. The van der Waals surface area contributed by atoms with Gasteiger partial charge in [-0.25, -0.2) is 9.59 Å². The maximum absolute atomic E-state index is 13.3. The van der Waals surface area contributed by atoms with Crippen molar-refractivity contribution in [2.75, 3.05) is 19.6 Å². The van der Waals surface area contributed by atoms with Gasteiger partial charge in [0.25, 0.3) is 0 Å². The number of carbonyl (C=O) groups is 3. The molecule has 0 spiro atoms. The van der Waals surface area contributed by atoms with Gasteiger partial charge in [0.1, 0.15) is 6.04 Å². The van der Waals surface area contributed by atoms with E-state index in [9.17, 15) is 14.4 Å². The Hall–Kier alpha value is -1.99. The normalized spacial score (nSPS) is 22.5. The summed E-state index contributed by atoms with van der Waals surface area (Å²) in [5, 5.41) is 8.94. The highest BCUT2D eigenvalue weighted by Crippen LogP contribution is 2.19. The fourth-order valence-corrected chi connectivity index (χ4v) is 4.36. The smallest absolute Gasteiger partial charge is 0.317 e. The molecular weight excluding hydrogens is 394 g/mol. The maximum atomic E-state index is 13.3. The summed E-state index contributed by atoms with van der Waals surface area (Å²) in [7, 11) is 0. The second kappa shape index (κ2) is 11.0. The molecule has 3 N–H and O–H groups in total. The van der Waals surface area contributed by atoms with E-state index in [0.717, 1.165) is 19.3 Å². The molecule has 2 aliphatic rings. The number of nitrogens with zero attached hydrogens (tertiary/aromatic N) is 2.